The van der Waals surface area contributed by atoms with E-state index in [1.807, 2.05) is 37.3 Å². The predicted molar refractivity (Wildman–Crippen MR) is 164 cm³/mol. The first kappa shape index (κ1) is 29.9. The summed E-state index contributed by atoms with van der Waals surface area (Å²) in [7, 11) is 4.86. The van der Waals surface area contributed by atoms with Gasteiger partial charge < -0.3 is 29.0 Å². The first-order valence-corrected chi connectivity index (χ1v) is 15.3. The van der Waals surface area contributed by atoms with Crippen LogP contribution in [0.3, 0.4) is 0 Å². The van der Waals surface area contributed by atoms with Gasteiger partial charge >= 0.3 is 0 Å². The molecule has 0 aliphatic heterocycles. The number of fused-ring (bicyclic) bond motifs is 2. The minimum Gasteiger partial charge on any atom is -0.497 e. The number of hydrogen-bond acceptors (Lipinski definition) is 13. The molecule has 0 saturated carbocycles. The fourth-order valence-corrected chi connectivity index (χ4v) is 7.03. The molecule has 5 rings (SSSR count). The quantitative estimate of drug-likeness (QED) is 0.126. The SMILES string of the molecule is COCCOc1cc2ncnc(Sc3nc(C)c(CC(=O)Nc4nc5ccc(OC)cc5s4)s3)c2cc1OCCOC. The summed E-state index contributed by atoms with van der Waals surface area (Å²) in [6, 6.07) is 9.33. The molecule has 3 heterocycles. The van der Waals surface area contributed by atoms with Crippen molar-refractivity contribution < 1.29 is 28.5 Å². The van der Waals surface area contributed by atoms with E-state index in [0.717, 1.165) is 41.3 Å². The van der Waals surface area contributed by atoms with Crippen LogP contribution in [0.2, 0.25) is 0 Å². The van der Waals surface area contributed by atoms with E-state index in [9.17, 15) is 4.79 Å². The summed E-state index contributed by atoms with van der Waals surface area (Å²) in [4.78, 5) is 31.9. The highest BCUT2D eigenvalue weighted by atomic mass is 32.2. The third kappa shape index (κ3) is 7.25. The summed E-state index contributed by atoms with van der Waals surface area (Å²) in [5.41, 5.74) is 2.31. The van der Waals surface area contributed by atoms with Crippen molar-refractivity contribution in [1.82, 2.24) is 19.9 Å². The van der Waals surface area contributed by atoms with Gasteiger partial charge in [-0.2, -0.15) is 0 Å². The molecule has 220 valence electrons. The Morgan fingerprint density at radius 3 is 2.40 bits per heavy atom. The molecular weight excluding hydrogens is 599 g/mol. The Labute approximate surface area is 254 Å². The zero-order valence-electron chi connectivity index (χ0n) is 23.5. The molecule has 3 aromatic heterocycles. The highest BCUT2D eigenvalue weighted by Gasteiger charge is 2.18. The van der Waals surface area contributed by atoms with Crippen molar-refractivity contribution in [2.75, 3.05) is 53.1 Å². The van der Waals surface area contributed by atoms with Gasteiger partial charge in [0.1, 0.15) is 30.3 Å². The van der Waals surface area contributed by atoms with Crippen molar-refractivity contribution in [2.45, 2.75) is 22.7 Å². The van der Waals surface area contributed by atoms with Gasteiger partial charge in [0.15, 0.2) is 21.0 Å². The molecule has 0 spiro atoms. The predicted octanol–water partition coefficient (Wildman–Crippen LogP) is 5.40. The standard InChI is InChI=1S/C28H29N5O6S3/c1-16-23(14-25(34)33-27-32-19-6-5-17(37-4)11-24(19)40-27)41-28(31-16)42-26-18-12-21(38-9-7-35-2)22(39-10-8-36-3)13-20(18)29-15-30-26/h5-6,11-13,15H,7-10,14H2,1-4H3,(H,32,33,34). The van der Waals surface area contributed by atoms with Gasteiger partial charge in [0.05, 0.1) is 48.2 Å². The number of carbonyl (C=O) groups is 1. The topological polar surface area (TPSA) is 127 Å². The van der Waals surface area contributed by atoms with Crippen molar-refractivity contribution in [3.63, 3.8) is 0 Å². The van der Waals surface area contributed by atoms with Crippen LogP contribution in [0.4, 0.5) is 5.13 Å². The molecule has 0 aliphatic carbocycles. The summed E-state index contributed by atoms with van der Waals surface area (Å²) in [5, 5.41) is 4.97. The lowest BCUT2D eigenvalue weighted by molar-refractivity contribution is -0.115. The van der Waals surface area contributed by atoms with Crippen molar-refractivity contribution in [3.05, 3.63) is 47.2 Å². The van der Waals surface area contributed by atoms with Gasteiger partial charge in [-0.1, -0.05) is 11.3 Å². The number of anilines is 1. The molecule has 1 N–H and O–H groups in total. The van der Waals surface area contributed by atoms with Gasteiger partial charge in [-0.05, 0) is 43.0 Å². The molecule has 5 aromatic rings. The molecule has 0 atom stereocenters. The summed E-state index contributed by atoms with van der Waals surface area (Å²) < 4.78 is 29.1. The maximum Gasteiger partial charge on any atom is 0.231 e. The number of nitrogens with one attached hydrogen (secondary N) is 1. The Morgan fingerprint density at radius 1 is 0.905 bits per heavy atom. The van der Waals surface area contributed by atoms with E-state index in [-0.39, 0.29) is 12.3 Å². The Kier molecular flexibility index (Phi) is 10.0. The number of hydrogen-bond donors (Lipinski definition) is 1. The van der Waals surface area contributed by atoms with Crippen LogP contribution in [0.15, 0.2) is 46.0 Å². The van der Waals surface area contributed by atoms with Crippen LogP contribution < -0.4 is 19.5 Å². The number of aryl methyl sites for hydroxylation is 1. The second-order valence-electron chi connectivity index (χ2n) is 8.85. The molecular formula is C28H29N5O6S3. The Balaban J connectivity index is 1.32. The fourth-order valence-electron chi connectivity index (χ4n) is 3.90. The number of ether oxygens (including phenoxy) is 5. The monoisotopic (exact) mass is 627 g/mol. The van der Waals surface area contributed by atoms with E-state index in [2.05, 4.69) is 20.3 Å². The number of nitrogens with zero attached hydrogens (tertiary/aromatic N) is 4. The average molecular weight is 628 g/mol. The number of aromatic nitrogens is 4. The zero-order chi connectivity index (χ0) is 29.5. The number of thiazole rings is 2. The molecule has 2 aromatic carbocycles. The van der Waals surface area contributed by atoms with Crippen LogP contribution in [0, 0.1) is 6.92 Å². The third-order valence-corrected chi connectivity index (χ3v) is 9.14. The molecule has 0 aliphatic rings. The van der Waals surface area contributed by atoms with Crippen LogP contribution in [-0.2, 0) is 20.7 Å². The Hall–Kier alpha value is -3.56. The number of amides is 1. The van der Waals surface area contributed by atoms with Crippen molar-refractivity contribution in [2.24, 2.45) is 0 Å². The molecule has 42 heavy (non-hydrogen) atoms. The number of benzene rings is 2. The van der Waals surface area contributed by atoms with E-state index in [4.69, 9.17) is 28.7 Å². The van der Waals surface area contributed by atoms with E-state index in [0.29, 0.717) is 48.6 Å². The molecule has 0 unspecified atom stereocenters. The summed E-state index contributed by atoms with van der Waals surface area (Å²) in [6.45, 7) is 3.51. The molecule has 0 fully saturated rings. The lowest BCUT2D eigenvalue weighted by atomic mass is 10.2. The van der Waals surface area contributed by atoms with Gasteiger partial charge in [-0.25, -0.2) is 19.9 Å². The lowest BCUT2D eigenvalue weighted by Gasteiger charge is -2.14. The Morgan fingerprint density at radius 2 is 1.67 bits per heavy atom. The minimum atomic E-state index is -0.157. The van der Waals surface area contributed by atoms with Gasteiger partial charge in [0.25, 0.3) is 0 Å². The molecule has 14 heteroatoms. The second kappa shape index (κ2) is 14.1. The summed E-state index contributed by atoms with van der Waals surface area (Å²) >= 11 is 4.28. The van der Waals surface area contributed by atoms with E-state index in [1.54, 1.807) is 21.3 Å². The molecule has 0 saturated heterocycles. The molecule has 1 amide bonds. The first-order chi connectivity index (χ1) is 20.5. The van der Waals surface area contributed by atoms with Crippen LogP contribution in [0.5, 0.6) is 17.2 Å². The number of carbonyl (C=O) groups excluding carboxylic acids is 1. The summed E-state index contributed by atoms with van der Waals surface area (Å²) in [6.07, 6.45) is 1.70. The highest BCUT2D eigenvalue weighted by Crippen LogP contribution is 2.39. The smallest absolute Gasteiger partial charge is 0.231 e. The van der Waals surface area contributed by atoms with Gasteiger partial charge in [-0.3, -0.25) is 4.79 Å². The van der Waals surface area contributed by atoms with Crippen LogP contribution in [-0.4, -0.2) is 73.6 Å². The van der Waals surface area contributed by atoms with Gasteiger partial charge in [0, 0.05) is 30.5 Å². The average Bonchev–Trinajstić information content (AvgIpc) is 3.54. The largest absolute Gasteiger partial charge is 0.497 e. The minimum absolute atomic E-state index is 0.157. The van der Waals surface area contributed by atoms with Crippen molar-refractivity contribution >= 4 is 66.6 Å². The third-order valence-electron chi connectivity index (χ3n) is 5.97. The molecule has 11 nitrogen and oxygen atoms in total. The molecule has 0 bridgehead atoms. The van der Waals surface area contributed by atoms with E-state index < -0.39 is 0 Å². The van der Waals surface area contributed by atoms with Crippen molar-refractivity contribution in [1.29, 1.82) is 0 Å². The normalized spacial score (nSPS) is 11.2. The maximum atomic E-state index is 12.9. The zero-order valence-corrected chi connectivity index (χ0v) is 25.9. The Bertz CT molecular complexity index is 1690. The maximum absolute atomic E-state index is 12.9. The number of methoxy groups -OCH3 is 3. The van der Waals surface area contributed by atoms with Crippen molar-refractivity contribution in [3.8, 4) is 17.2 Å². The second-order valence-corrected chi connectivity index (χ2v) is 12.2. The van der Waals surface area contributed by atoms with E-state index >= 15 is 0 Å². The van der Waals surface area contributed by atoms with Crippen LogP contribution in [0.1, 0.15) is 10.6 Å². The molecule has 0 radical (unpaired) electrons. The van der Waals surface area contributed by atoms with Crippen LogP contribution in [0.25, 0.3) is 21.1 Å². The number of rotatable bonds is 14. The fraction of sp³-hybridized carbons (Fsp3) is 0.321. The van der Waals surface area contributed by atoms with Gasteiger partial charge in [0.2, 0.25) is 5.91 Å². The van der Waals surface area contributed by atoms with E-state index in [1.165, 1.54) is 40.8 Å². The van der Waals surface area contributed by atoms with Crippen LogP contribution >= 0.6 is 34.4 Å². The lowest BCUT2D eigenvalue weighted by Crippen LogP contribution is -2.13. The highest BCUT2D eigenvalue weighted by molar-refractivity contribution is 8.01. The van der Waals surface area contributed by atoms with Gasteiger partial charge in [-0.15, -0.1) is 11.3 Å². The first-order valence-electron chi connectivity index (χ1n) is 12.9. The summed E-state index contributed by atoms with van der Waals surface area (Å²) in [5.74, 6) is 1.72.